The van der Waals surface area contributed by atoms with Crippen molar-refractivity contribution in [3.63, 3.8) is 0 Å². The van der Waals surface area contributed by atoms with Gasteiger partial charge in [0.2, 0.25) is 5.91 Å². The molecular formula is C16H25N3O. The third-order valence-corrected chi connectivity index (χ3v) is 3.47. The fourth-order valence-corrected chi connectivity index (χ4v) is 2.42. The molecule has 0 aromatic heterocycles. The lowest BCUT2D eigenvalue weighted by Gasteiger charge is -2.21. The first kappa shape index (κ1) is 14.9. The smallest absolute Gasteiger partial charge is 0.233 e. The third kappa shape index (κ3) is 4.23. The monoisotopic (exact) mass is 275 g/mol. The molecule has 1 aromatic carbocycles. The molecule has 1 amide bonds. The molecule has 1 aliphatic rings. The van der Waals surface area contributed by atoms with Crippen LogP contribution >= 0.6 is 0 Å². The highest BCUT2D eigenvalue weighted by Crippen LogP contribution is 2.25. The molecule has 4 heteroatoms. The van der Waals surface area contributed by atoms with E-state index in [0.29, 0.717) is 12.5 Å². The van der Waals surface area contributed by atoms with Gasteiger partial charge in [-0.15, -0.1) is 0 Å². The van der Waals surface area contributed by atoms with Gasteiger partial charge in [0.1, 0.15) is 0 Å². The zero-order valence-corrected chi connectivity index (χ0v) is 12.5. The van der Waals surface area contributed by atoms with Crippen LogP contribution in [0.5, 0.6) is 0 Å². The minimum Gasteiger partial charge on any atom is -0.385 e. The standard InChI is InChI=1S/C16H25N3O/c1-12(2)9-19-15(20)11-17-10-14-6-3-5-13-7-4-8-18-16(13)14/h3,5-6,12,17-18H,4,7-11H2,1-2H3,(H,19,20). The average Bonchev–Trinajstić information content (AvgIpc) is 2.45. The first-order valence-corrected chi connectivity index (χ1v) is 7.49. The summed E-state index contributed by atoms with van der Waals surface area (Å²) in [6.07, 6.45) is 2.34. The summed E-state index contributed by atoms with van der Waals surface area (Å²) in [7, 11) is 0. The van der Waals surface area contributed by atoms with Crippen molar-refractivity contribution >= 4 is 11.6 Å². The number of rotatable bonds is 6. The number of hydrogen-bond donors (Lipinski definition) is 3. The molecule has 0 saturated carbocycles. The fourth-order valence-electron chi connectivity index (χ4n) is 2.42. The summed E-state index contributed by atoms with van der Waals surface area (Å²) in [6.45, 7) is 7.06. The lowest BCUT2D eigenvalue weighted by molar-refractivity contribution is -0.120. The van der Waals surface area contributed by atoms with Crippen molar-refractivity contribution in [2.24, 2.45) is 5.92 Å². The van der Waals surface area contributed by atoms with Crippen LogP contribution in [0.4, 0.5) is 5.69 Å². The predicted octanol–water partition coefficient (Wildman–Crippen LogP) is 1.91. The zero-order chi connectivity index (χ0) is 14.4. The maximum Gasteiger partial charge on any atom is 0.233 e. The van der Waals surface area contributed by atoms with E-state index in [9.17, 15) is 4.79 Å². The highest BCUT2D eigenvalue weighted by atomic mass is 16.1. The SMILES string of the molecule is CC(C)CNC(=O)CNCc1cccc2c1NCCC2. The molecule has 110 valence electrons. The molecule has 0 saturated heterocycles. The van der Waals surface area contributed by atoms with Gasteiger partial charge in [-0.05, 0) is 29.9 Å². The van der Waals surface area contributed by atoms with Gasteiger partial charge in [0, 0.05) is 25.3 Å². The number of para-hydroxylation sites is 1. The first-order chi connectivity index (χ1) is 9.66. The van der Waals surface area contributed by atoms with Crippen LogP contribution in [-0.2, 0) is 17.8 Å². The van der Waals surface area contributed by atoms with E-state index in [-0.39, 0.29) is 5.91 Å². The summed E-state index contributed by atoms with van der Waals surface area (Å²) < 4.78 is 0. The number of hydrogen-bond acceptors (Lipinski definition) is 3. The molecule has 0 radical (unpaired) electrons. The number of amides is 1. The van der Waals surface area contributed by atoms with Crippen molar-refractivity contribution in [1.29, 1.82) is 0 Å². The number of nitrogens with one attached hydrogen (secondary N) is 3. The third-order valence-electron chi connectivity index (χ3n) is 3.47. The zero-order valence-electron chi connectivity index (χ0n) is 12.5. The molecule has 1 aliphatic heterocycles. The molecule has 1 heterocycles. The van der Waals surface area contributed by atoms with E-state index >= 15 is 0 Å². The van der Waals surface area contributed by atoms with E-state index in [1.54, 1.807) is 0 Å². The van der Waals surface area contributed by atoms with Crippen LogP contribution in [0.3, 0.4) is 0 Å². The molecular weight excluding hydrogens is 250 g/mol. The van der Waals surface area contributed by atoms with Gasteiger partial charge in [0.25, 0.3) is 0 Å². The van der Waals surface area contributed by atoms with Gasteiger partial charge in [-0.1, -0.05) is 32.0 Å². The highest BCUT2D eigenvalue weighted by molar-refractivity contribution is 5.78. The van der Waals surface area contributed by atoms with Crippen LogP contribution in [0.15, 0.2) is 18.2 Å². The molecule has 4 nitrogen and oxygen atoms in total. The van der Waals surface area contributed by atoms with Gasteiger partial charge in [-0.2, -0.15) is 0 Å². The van der Waals surface area contributed by atoms with E-state index in [1.807, 2.05) is 0 Å². The maximum absolute atomic E-state index is 11.6. The van der Waals surface area contributed by atoms with Crippen molar-refractivity contribution in [1.82, 2.24) is 10.6 Å². The van der Waals surface area contributed by atoms with E-state index in [2.05, 4.69) is 48.0 Å². The summed E-state index contributed by atoms with van der Waals surface area (Å²) in [5.41, 5.74) is 3.90. The summed E-state index contributed by atoms with van der Waals surface area (Å²) in [4.78, 5) is 11.6. The number of carbonyl (C=O) groups is 1. The predicted molar refractivity (Wildman–Crippen MR) is 82.8 cm³/mol. The molecule has 0 spiro atoms. The molecule has 2 rings (SSSR count). The lowest BCUT2D eigenvalue weighted by atomic mass is 9.99. The van der Waals surface area contributed by atoms with Gasteiger partial charge in [-0.25, -0.2) is 0 Å². The van der Waals surface area contributed by atoms with Crippen LogP contribution in [-0.4, -0.2) is 25.5 Å². The Bertz CT molecular complexity index is 457. The minimum absolute atomic E-state index is 0.0662. The highest BCUT2D eigenvalue weighted by Gasteiger charge is 2.12. The number of fused-ring (bicyclic) bond motifs is 1. The fraction of sp³-hybridized carbons (Fsp3) is 0.562. The Kier molecular flexibility index (Phi) is 5.41. The lowest BCUT2D eigenvalue weighted by Crippen LogP contribution is -2.35. The van der Waals surface area contributed by atoms with Crippen LogP contribution in [0, 0.1) is 5.92 Å². The van der Waals surface area contributed by atoms with Gasteiger partial charge in [-0.3, -0.25) is 4.79 Å². The summed E-state index contributed by atoms with van der Waals surface area (Å²) in [5, 5.41) is 9.61. The summed E-state index contributed by atoms with van der Waals surface area (Å²) >= 11 is 0. The number of anilines is 1. The second-order valence-electron chi connectivity index (χ2n) is 5.78. The van der Waals surface area contributed by atoms with Gasteiger partial charge < -0.3 is 16.0 Å². The largest absolute Gasteiger partial charge is 0.385 e. The molecule has 0 aliphatic carbocycles. The van der Waals surface area contributed by atoms with E-state index in [4.69, 9.17) is 0 Å². The second-order valence-corrected chi connectivity index (χ2v) is 5.78. The van der Waals surface area contributed by atoms with Crippen LogP contribution < -0.4 is 16.0 Å². The quantitative estimate of drug-likeness (QED) is 0.743. The van der Waals surface area contributed by atoms with Crippen molar-refractivity contribution in [2.45, 2.75) is 33.2 Å². The Morgan fingerprint density at radius 3 is 3.05 bits per heavy atom. The molecule has 3 N–H and O–H groups in total. The Morgan fingerprint density at radius 1 is 1.40 bits per heavy atom. The van der Waals surface area contributed by atoms with Crippen LogP contribution in [0.25, 0.3) is 0 Å². The van der Waals surface area contributed by atoms with Crippen molar-refractivity contribution < 1.29 is 4.79 Å². The minimum atomic E-state index is 0.0662. The molecule has 0 bridgehead atoms. The van der Waals surface area contributed by atoms with Crippen molar-refractivity contribution in [2.75, 3.05) is 25.0 Å². The van der Waals surface area contributed by atoms with Gasteiger partial charge in [0.05, 0.1) is 6.54 Å². The number of aryl methyl sites for hydroxylation is 1. The average molecular weight is 275 g/mol. The van der Waals surface area contributed by atoms with E-state index in [1.165, 1.54) is 23.2 Å². The second kappa shape index (κ2) is 7.29. The molecule has 0 atom stereocenters. The summed E-state index contributed by atoms with van der Waals surface area (Å²) in [6, 6.07) is 6.40. The number of benzene rings is 1. The Balaban J connectivity index is 1.81. The molecule has 1 aromatic rings. The van der Waals surface area contributed by atoms with Crippen LogP contribution in [0.1, 0.15) is 31.4 Å². The number of carbonyl (C=O) groups excluding carboxylic acids is 1. The normalized spacial score (nSPS) is 13.8. The van der Waals surface area contributed by atoms with Crippen LogP contribution in [0.2, 0.25) is 0 Å². The van der Waals surface area contributed by atoms with Crippen molar-refractivity contribution in [3.05, 3.63) is 29.3 Å². The topological polar surface area (TPSA) is 53.2 Å². The van der Waals surface area contributed by atoms with Crippen molar-refractivity contribution in [3.8, 4) is 0 Å². The van der Waals surface area contributed by atoms with E-state index in [0.717, 1.165) is 26.1 Å². The first-order valence-electron chi connectivity index (χ1n) is 7.49. The Morgan fingerprint density at radius 2 is 2.25 bits per heavy atom. The maximum atomic E-state index is 11.6. The van der Waals surface area contributed by atoms with Gasteiger partial charge >= 0.3 is 0 Å². The van der Waals surface area contributed by atoms with E-state index < -0.39 is 0 Å². The molecule has 0 fully saturated rings. The Labute approximate surface area is 121 Å². The summed E-state index contributed by atoms with van der Waals surface area (Å²) in [5.74, 6) is 0.556. The molecule has 0 unspecified atom stereocenters. The molecule has 20 heavy (non-hydrogen) atoms. The Hall–Kier alpha value is -1.55. The van der Waals surface area contributed by atoms with Gasteiger partial charge in [0.15, 0.2) is 0 Å².